The Labute approximate surface area is 91.7 Å². The summed E-state index contributed by atoms with van der Waals surface area (Å²) in [6, 6.07) is -0.616. The molecule has 64 valence electrons. The molecule has 0 radical (unpaired) electrons. The summed E-state index contributed by atoms with van der Waals surface area (Å²) >= 11 is 3.42. The van der Waals surface area contributed by atoms with Gasteiger partial charge >= 0.3 is 5.97 Å². The number of hydrogen-bond donors (Lipinski definition) is 2. The van der Waals surface area contributed by atoms with Gasteiger partial charge < -0.3 is 5.11 Å². The maximum atomic E-state index is 10.5. The van der Waals surface area contributed by atoms with E-state index in [-0.39, 0.29) is 3.79 Å². The molecule has 0 spiro atoms. The van der Waals surface area contributed by atoms with Gasteiger partial charge in [0.2, 0.25) is 0 Å². The summed E-state index contributed by atoms with van der Waals surface area (Å²) in [6.07, 6.45) is 0.646. The van der Waals surface area contributed by atoms with Crippen molar-refractivity contribution in [3.05, 3.63) is 0 Å². The minimum absolute atomic E-state index is 0.0134. The number of nitrogens with one attached hydrogen (secondary N) is 1. The predicted octanol–water partition coefficient (Wildman–Crippen LogP) is 1.12. The molecule has 4 nitrogen and oxygen atoms in total. The molecule has 0 aliphatic heterocycles. The van der Waals surface area contributed by atoms with Crippen molar-refractivity contribution in [2.75, 3.05) is 0 Å². The molecule has 0 aromatic rings. The Hall–Kier alpha value is 0.560. The zero-order valence-electron chi connectivity index (χ0n) is 5.51. The van der Waals surface area contributed by atoms with Gasteiger partial charge in [-0.05, 0) is 29.0 Å². The third-order valence-electron chi connectivity index (χ3n) is 1.06. The lowest BCUT2D eigenvalue weighted by Gasteiger charge is -2.06. The Morgan fingerprint density at radius 2 is 2.09 bits per heavy atom. The number of hydrogen-bond acceptors (Lipinski definition) is 3. The van der Waals surface area contributed by atoms with E-state index < -0.39 is 12.0 Å². The molecule has 0 amide bonds. The standard InChI is InChI=1S/C5H7I2NO3/c6-4(9)2-1-3(8-7)5(10)11/h3,8H,1-2H2,(H,10,11)/t3-/m0/s1. The summed E-state index contributed by atoms with van der Waals surface area (Å²) in [5.74, 6) is -0.919. The van der Waals surface area contributed by atoms with E-state index in [1.54, 1.807) is 45.5 Å². The van der Waals surface area contributed by atoms with Crippen molar-refractivity contribution in [3.8, 4) is 0 Å². The largest absolute Gasteiger partial charge is 0.480 e. The Bertz CT molecular complexity index is 162. The van der Waals surface area contributed by atoms with Crippen LogP contribution in [0.4, 0.5) is 0 Å². The number of carboxylic acid groups (broad SMARTS) is 1. The van der Waals surface area contributed by atoms with Crippen molar-refractivity contribution in [1.82, 2.24) is 3.53 Å². The van der Waals surface area contributed by atoms with Crippen LogP contribution in [0.1, 0.15) is 12.8 Å². The van der Waals surface area contributed by atoms with Gasteiger partial charge in [-0.2, -0.15) is 0 Å². The summed E-state index contributed by atoms with van der Waals surface area (Å²) in [5, 5.41) is 8.51. The van der Waals surface area contributed by atoms with Crippen LogP contribution in [-0.4, -0.2) is 20.9 Å². The van der Waals surface area contributed by atoms with Crippen molar-refractivity contribution in [3.63, 3.8) is 0 Å². The van der Waals surface area contributed by atoms with Crippen molar-refractivity contribution < 1.29 is 14.7 Å². The zero-order valence-corrected chi connectivity index (χ0v) is 9.83. The molecule has 6 heteroatoms. The number of carbonyl (C=O) groups excluding carboxylic acids is 1. The lowest BCUT2D eigenvalue weighted by Crippen LogP contribution is -2.30. The molecule has 0 unspecified atom stereocenters. The normalized spacial score (nSPS) is 12.5. The number of halogens is 2. The highest BCUT2D eigenvalue weighted by Gasteiger charge is 2.15. The first kappa shape index (κ1) is 11.6. The van der Waals surface area contributed by atoms with Gasteiger partial charge in [0.15, 0.2) is 3.79 Å². The zero-order chi connectivity index (χ0) is 8.85. The second kappa shape index (κ2) is 6.12. The van der Waals surface area contributed by atoms with Gasteiger partial charge in [0, 0.05) is 29.3 Å². The highest BCUT2D eigenvalue weighted by molar-refractivity contribution is 14.1. The first-order valence-corrected chi connectivity index (χ1v) is 5.01. The van der Waals surface area contributed by atoms with Gasteiger partial charge in [0.25, 0.3) is 0 Å². The maximum absolute atomic E-state index is 10.5. The van der Waals surface area contributed by atoms with Crippen LogP contribution in [0.15, 0.2) is 0 Å². The van der Waals surface area contributed by atoms with E-state index in [1.807, 2.05) is 0 Å². The third-order valence-corrected chi connectivity index (χ3v) is 2.35. The van der Waals surface area contributed by atoms with Gasteiger partial charge in [-0.3, -0.25) is 9.59 Å². The van der Waals surface area contributed by atoms with Crippen molar-refractivity contribution in [1.29, 1.82) is 0 Å². The highest BCUT2D eigenvalue weighted by Crippen LogP contribution is 2.03. The number of aliphatic carboxylic acids is 1. The van der Waals surface area contributed by atoms with Crippen LogP contribution in [0.5, 0.6) is 0 Å². The maximum Gasteiger partial charge on any atom is 0.321 e. The number of rotatable bonds is 5. The molecule has 1 atom stereocenters. The van der Waals surface area contributed by atoms with Crippen LogP contribution in [0.25, 0.3) is 0 Å². The average Bonchev–Trinajstić information content (AvgIpc) is 1.87. The monoisotopic (exact) mass is 383 g/mol. The van der Waals surface area contributed by atoms with Crippen LogP contribution < -0.4 is 3.53 Å². The Kier molecular flexibility index (Phi) is 6.43. The SMILES string of the molecule is O=C(I)CC[C@H](NI)C(=O)O. The summed E-state index contributed by atoms with van der Waals surface area (Å²) < 4.78 is 2.56. The molecular weight excluding hydrogens is 376 g/mol. The number of carbonyl (C=O) groups is 2. The van der Waals surface area contributed by atoms with Crippen LogP contribution in [-0.2, 0) is 9.59 Å². The second-order valence-electron chi connectivity index (χ2n) is 1.89. The molecular formula is C5H7I2NO3. The van der Waals surface area contributed by atoms with E-state index in [0.717, 1.165) is 0 Å². The molecule has 0 heterocycles. The fourth-order valence-corrected chi connectivity index (χ4v) is 1.37. The second-order valence-corrected chi connectivity index (χ2v) is 3.72. The van der Waals surface area contributed by atoms with Gasteiger partial charge in [-0.25, -0.2) is 3.53 Å². The lowest BCUT2D eigenvalue weighted by atomic mass is 10.2. The quantitative estimate of drug-likeness (QED) is 0.425. The molecule has 0 aliphatic rings. The van der Waals surface area contributed by atoms with E-state index in [9.17, 15) is 9.59 Å². The molecule has 2 N–H and O–H groups in total. The van der Waals surface area contributed by atoms with Crippen LogP contribution in [0, 0.1) is 0 Å². The molecule has 0 aliphatic carbocycles. The summed E-state index contributed by atoms with van der Waals surface area (Å²) in [6.45, 7) is 0. The lowest BCUT2D eigenvalue weighted by molar-refractivity contribution is -0.138. The van der Waals surface area contributed by atoms with E-state index in [2.05, 4.69) is 3.53 Å². The van der Waals surface area contributed by atoms with Crippen LogP contribution in [0.2, 0.25) is 0 Å². The van der Waals surface area contributed by atoms with Crippen LogP contribution in [0.3, 0.4) is 0 Å². The highest BCUT2D eigenvalue weighted by atomic mass is 127. The minimum Gasteiger partial charge on any atom is -0.480 e. The van der Waals surface area contributed by atoms with E-state index in [0.29, 0.717) is 12.8 Å². The smallest absolute Gasteiger partial charge is 0.321 e. The minimum atomic E-state index is -0.919. The molecule has 0 fully saturated rings. The molecule has 0 aromatic carbocycles. The molecule has 11 heavy (non-hydrogen) atoms. The first-order chi connectivity index (χ1) is 5.07. The summed E-state index contributed by atoms with van der Waals surface area (Å²) in [5.41, 5.74) is 0. The summed E-state index contributed by atoms with van der Waals surface area (Å²) in [7, 11) is 0. The van der Waals surface area contributed by atoms with Gasteiger partial charge in [-0.1, -0.05) is 0 Å². The topological polar surface area (TPSA) is 66.4 Å². The predicted molar refractivity (Wildman–Crippen MR) is 56.8 cm³/mol. The molecule has 0 aromatic heterocycles. The third kappa shape index (κ3) is 5.79. The summed E-state index contributed by atoms with van der Waals surface area (Å²) in [4.78, 5) is 20.8. The van der Waals surface area contributed by atoms with E-state index >= 15 is 0 Å². The average molecular weight is 383 g/mol. The van der Waals surface area contributed by atoms with Crippen molar-refractivity contribution in [2.45, 2.75) is 18.9 Å². The fraction of sp³-hybridized carbons (Fsp3) is 0.600. The Balaban J connectivity index is 3.70. The van der Waals surface area contributed by atoms with E-state index in [1.165, 1.54) is 0 Å². The Morgan fingerprint density at radius 3 is 2.36 bits per heavy atom. The molecule has 0 bridgehead atoms. The van der Waals surface area contributed by atoms with Gasteiger partial charge in [-0.15, -0.1) is 0 Å². The van der Waals surface area contributed by atoms with Crippen molar-refractivity contribution in [2.24, 2.45) is 0 Å². The fourth-order valence-electron chi connectivity index (χ4n) is 0.483. The first-order valence-electron chi connectivity index (χ1n) is 2.85. The van der Waals surface area contributed by atoms with Crippen LogP contribution >= 0.6 is 45.5 Å². The molecule has 0 saturated heterocycles. The molecule has 0 saturated carbocycles. The number of carboxylic acids is 1. The van der Waals surface area contributed by atoms with Crippen molar-refractivity contribution >= 4 is 55.2 Å². The van der Waals surface area contributed by atoms with Gasteiger partial charge in [0.1, 0.15) is 6.04 Å². The molecule has 0 rings (SSSR count). The Morgan fingerprint density at radius 1 is 1.55 bits per heavy atom. The van der Waals surface area contributed by atoms with Gasteiger partial charge in [0.05, 0.1) is 0 Å². The van der Waals surface area contributed by atoms with E-state index in [4.69, 9.17) is 5.11 Å².